The van der Waals surface area contributed by atoms with Crippen LogP contribution in [0.2, 0.25) is 5.02 Å². The molecule has 0 saturated carbocycles. The molecule has 0 spiro atoms. The number of carbonyl (C=O) groups excluding carboxylic acids is 1. The topological polar surface area (TPSA) is 52.1 Å². The highest BCUT2D eigenvalue weighted by atomic mass is 35.5. The van der Waals surface area contributed by atoms with Gasteiger partial charge in [-0.1, -0.05) is 53.7 Å². The molecule has 0 amide bonds. The molecule has 0 radical (unpaired) electrons. The van der Waals surface area contributed by atoms with Crippen LogP contribution in [-0.4, -0.2) is 27.1 Å². The number of rotatable bonds is 5. The van der Waals surface area contributed by atoms with Crippen molar-refractivity contribution >= 4 is 50.7 Å². The monoisotopic (exact) mass is 480 g/mol. The fourth-order valence-electron chi connectivity index (χ4n) is 3.79. The van der Waals surface area contributed by atoms with Gasteiger partial charge in [0, 0.05) is 32.8 Å². The molecule has 0 saturated heterocycles. The van der Waals surface area contributed by atoms with E-state index in [-0.39, 0.29) is 11.4 Å². The van der Waals surface area contributed by atoms with Crippen molar-refractivity contribution < 1.29 is 9.53 Å². The van der Waals surface area contributed by atoms with E-state index in [9.17, 15) is 4.79 Å². The maximum Gasteiger partial charge on any atom is 0.173 e. The summed E-state index contributed by atoms with van der Waals surface area (Å²) in [6.07, 6.45) is 0.801. The minimum Gasteiger partial charge on any atom is -0.370 e. The molecule has 7 heteroatoms. The van der Waals surface area contributed by atoms with Crippen molar-refractivity contribution in [3.05, 3.63) is 75.6 Å². The van der Waals surface area contributed by atoms with Gasteiger partial charge in [-0.05, 0) is 43.7 Å². The smallest absolute Gasteiger partial charge is 0.173 e. The standard InChI is InChI=1S/C25H21ClN2O2S2/c1-25(2)12-18-20(13-30-25)32-24-21(18)23(27-22(28-24)16-6-4-3-5-7-16)31-14-19(29)15-8-10-17(26)11-9-15/h3-11H,12-14H2,1-2H3. The third-order valence-corrected chi connectivity index (χ3v) is 7.76. The molecule has 4 nitrogen and oxygen atoms in total. The van der Waals surface area contributed by atoms with Crippen LogP contribution in [0.15, 0.2) is 59.6 Å². The Labute approximate surface area is 200 Å². The van der Waals surface area contributed by atoms with Crippen LogP contribution in [0.25, 0.3) is 21.6 Å². The van der Waals surface area contributed by atoms with Crippen LogP contribution in [0.1, 0.15) is 34.6 Å². The zero-order chi connectivity index (χ0) is 22.3. The van der Waals surface area contributed by atoms with Gasteiger partial charge in [-0.15, -0.1) is 11.3 Å². The predicted molar refractivity (Wildman–Crippen MR) is 132 cm³/mol. The quantitative estimate of drug-likeness (QED) is 0.178. The van der Waals surface area contributed by atoms with Crippen LogP contribution in [0.3, 0.4) is 0 Å². The molecule has 162 valence electrons. The fraction of sp³-hybridized carbons (Fsp3) is 0.240. The average molecular weight is 481 g/mol. The van der Waals surface area contributed by atoms with Crippen molar-refractivity contribution in [1.82, 2.24) is 9.97 Å². The van der Waals surface area contributed by atoms with Gasteiger partial charge in [0.15, 0.2) is 11.6 Å². The second-order valence-electron chi connectivity index (χ2n) is 8.35. The third kappa shape index (κ3) is 4.33. The van der Waals surface area contributed by atoms with E-state index in [1.54, 1.807) is 35.6 Å². The van der Waals surface area contributed by atoms with Crippen LogP contribution in [0, 0.1) is 0 Å². The van der Waals surface area contributed by atoms with Crippen LogP contribution >= 0.6 is 34.7 Å². The first-order chi connectivity index (χ1) is 15.4. The van der Waals surface area contributed by atoms with E-state index in [4.69, 9.17) is 26.3 Å². The molecule has 4 aromatic rings. The lowest BCUT2D eigenvalue weighted by Gasteiger charge is -2.30. The van der Waals surface area contributed by atoms with Gasteiger partial charge >= 0.3 is 0 Å². The molecule has 5 rings (SSSR count). The third-order valence-electron chi connectivity index (χ3n) is 5.44. The number of carbonyl (C=O) groups is 1. The number of halogens is 1. The SMILES string of the molecule is CC1(C)Cc2c(sc3nc(-c4ccccc4)nc(SCC(=O)c4ccc(Cl)cc4)c23)CO1. The Balaban J connectivity index is 1.56. The molecule has 2 aromatic heterocycles. The second-order valence-corrected chi connectivity index (χ2v) is 10.8. The number of ketones is 1. The van der Waals surface area contributed by atoms with Crippen molar-refractivity contribution in [2.24, 2.45) is 0 Å². The molecule has 0 unspecified atom stereocenters. The van der Waals surface area contributed by atoms with E-state index in [0.717, 1.165) is 27.2 Å². The molecular formula is C25H21ClN2O2S2. The van der Waals surface area contributed by atoms with Crippen LogP contribution < -0.4 is 0 Å². The maximum absolute atomic E-state index is 12.8. The number of thioether (sulfide) groups is 1. The summed E-state index contributed by atoms with van der Waals surface area (Å²) in [6.45, 7) is 4.79. The van der Waals surface area contributed by atoms with E-state index in [1.165, 1.54) is 22.2 Å². The molecular weight excluding hydrogens is 460 g/mol. The number of hydrogen-bond acceptors (Lipinski definition) is 6. The van der Waals surface area contributed by atoms with E-state index >= 15 is 0 Å². The number of hydrogen-bond donors (Lipinski definition) is 0. The van der Waals surface area contributed by atoms with Gasteiger partial charge < -0.3 is 4.74 Å². The highest BCUT2D eigenvalue weighted by Gasteiger charge is 2.31. The van der Waals surface area contributed by atoms with E-state index < -0.39 is 0 Å². The molecule has 2 aromatic carbocycles. The summed E-state index contributed by atoms with van der Waals surface area (Å²) in [7, 11) is 0. The van der Waals surface area contributed by atoms with Gasteiger partial charge in [-0.3, -0.25) is 4.79 Å². The minimum atomic E-state index is -0.236. The summed E-state index contributed by atoms with van der Waals surface area (Å²) in [5.41, 5.74) is 2.63. The van der Waals surface area contributed by atoms with Gasteiger partial charge in [0.1, 0.15) is 9.86 Å². The Morgan fingerprint density at radius 3 is 2.62 bits per heavy atom. The molecule has 0 fully saturated rings. The van der Waals surface area contributed by atoms with Crippen molar-refractivity contribution in [3.63, 3.8) is 0 Å². The molecule has 0 aliphatic carbocycles. The summed E-state index contributed by atoms with van der Waals surface area (Å²) in [6, 6.07) is 17.0. The Morgan fingerprint density at radius 2 is 1.88 bits per heavy atom. The van der Waals surface area contributed by atoms with Gasteiger partial charge in [0.2, 0.25) is 0 Å². The molecule has 0 atom stereocenters. The van der Waals surface area contributed by atoms with Gasteiger partial charge in [-0.25, -0.2) is 9.97 Å². The maximum atomic E-state index is 12.8. The Morgan fingerprint density at radius 1 is 1.12 bits per heavy atom. The van der Waals surface area contributed by atoms with Crippen LogP contribution in [0.5, 0.6) is 0 Å². The van der Waals surface area contributed by atoms with Crippen LogP contribution in [0.4, 0.5) is 0 Å². The summed E-state index contributed by atoms with van der Waals surface area (Å²) in [5.74, 6) is 1.03. The zero-order valence-corrected chi connectivity index (χ0v) is 20.1. The first kappa shape index (κ1) is 21.6. The normalized spacial score (nSPS) is 15.0. The molecule has 32 heavy (non-hydrogen) atoms. The van der Waals surface area contributed by atoms with Gasteiger partial charge in [0.05, 0.1) is 18.0 Å². The highest BCUT2D eigenvalue weighted by molar-refractivity contribution is 8.00. The largest absolute Gasteiger partial charge is 0.370 e. The second kappa shape index (κ2) is 8.60. The van der Waals surface area contributed by atoms with Gasteiger partial charge in [-0.2, -0.15) is 0 Å². The number of ether oxygens (including phenoxy) is 1. The number of aromatic nitrogens is 2. The summed E-state index contributed by atoms with van der Waals surface area (Å²) >= 11 is 9.11. The Bertz CT molecular complexity index is 1300. The summed E-state index contributed by atoms with van der Waals surface area (Å²) < 4.78 is 6.03. The first-order valence-electron chi connectivity index (χ1n) is 10.3. The Kier molecular flexibility index (Phi) is 5.80. The molecule has 0 bridgehead atoms. The lowest BCUT2D eigenvalue weighted by Crippen LogP contribution is -2.31. The molecule has 1 aliphatic rings. The number of thiophene rings is 1. The number of nitrogens with zero attached hydrogens (tertiary/aromatic N) is 2. The zero-order valence-electron chi connectivity index (χ0n) is 17.7. The lowest BCUT2D eigenvalue weighted by atomic mass is 9.94. The van der Waals surface area contributed by atoms with E-state index in [2.05, 4.69) is 13.8 Å². The first-order valence-corrected chi connectivity index (χ1v) is 12.5. The molecule has 3 heterocycles. The number of benzene rings is 2. The summed E-state index contributed by atoms with van der Waals surface area (Å²) in [4.78, 5) is 24.8. The number of Topliss-reactive ketones (excluding diaryl/α,β-unsaturated/α-hetero) is 1. The summed E-state index contributed by atoms with van der Waals surface area (Å²) in [5, 5.41) is 2.54. The van der Waals surface area contributed by atoms with Crippen molar-refractivity contribution in [3.8, 4) is 11.4 Å². The van der Waals surface area contributed by atoms with Gasteiger partial charge in [0.25, 0.3) is 0 Å². The number of fused-ring (bicyclic) bond motifs is 3. The van der Waals surface area contributed by atoms with E-state index in [0.29, 0.717) is 28.8 Å². The van der Waals surface area contributed by atoms with Crippen molar-refractivity contribution in [1.29, 1.82) is 0 Å². The fourth-order valence-corrected chi connectivity index (χ4v) is 6.03. The van der Waals surface area contributed by atoms with Crippen LogP contribution in [-0.2, 0) is 17.8 Å². The van der Waals surface area contributed by atoms with Crippen molar-refractivity contribution in [2.75, 3.05) is 5.75 Å². The predicted octanol–water partition coefficient (Wildman–Crippen LogP) is 6.84. The van der Waals surface area contributed by atoms with E-state index in [1.807, 2.05) is 30.3 Å². The lowest BCUT2D eigenvalue weighted by molar-refractivity contribution is -0.0379. The highest BCUT2D eigenvalue weighted by Crippen LogP contribution is 2.42. The molecule has 1 aliphatic heterocycles. The van der Waals surface area contributed by atoms with Crippen molar-refractivity contribution in [2.45, 2.75) is 37.5 Å². The molecule has 0 N–H and O–H groups in total. The average Bonchev–Trinajstić information content (AvgIpc) is 3.15. The Hall–Kier alpha value is -2.25. The minimum absolute atomic E-state index is 0.0486.